The zero-order valence-corrected chi connectivity index (χ0v) is 19.5. The minimum atomic E-state index is -0.576. The van der Waals surface area contributed by atoms with Gasteiger partial charge in [0, 0.05) is 27.6 Å². The van der Waals surface area contributed by atoms with Gasteiger partial charge in [-0.05, 0) is 47.4 Å². The lowest BCUT2D eigenvalue weighted by Crippen LogP contribution is -2.10. The number of halogens is 3. The summed E-state index contributed by atoms with van der Waals surface area (Å²) in [5.41, 5.74) is 2.96. The van der Waals surface area contributed by atoms with E-state index in [1.165, 1.54) is 35.5 Å². The van der Waals surface area contributed by atoms with Crippen LogP contribution in [0.1, 0.15) is 31.9 Å². The number of rotatable bonds is 5. The van der Waals surface area contributed by atoms with Gasteiger partial charge in [-0.25, -0.2) is 8.78 Å². The molecule has 0 spiro atoms. The van der Waals surface area contributed by atoms with Gasteiger partial charge in [0.05, 0.1) is 0 Å². The van der Waals surface area contributed by atoms with Crippen molar-refractivity contribution in [3.63, 3.8) is 0 Å². The molecule has 3 nitrogen and oxygen atoms in total. The summed E-state index contributed by atoms with van der Waals surface area (Å²) in [5.74, 6) is -0.418. The number of benzene rings is 3. The largest absolute Gasteiger partial charge is 0.270 e. The van der Waals surface area contributed by atoms with Crippen LogP contribution in [0.5, 0.6) is 0 Å². The molecule has 32 heavy (non-hydrogen) atoms. The quantitative estimate of drug-likeness (QED) is 0.284. The van der Waals surface area contributed by atoms with Gasteiger partial charge in [-0.1, -0.05) is 74.5 Å². The molecule has 0 aliphatic carbocycles. The van der Waals surface area contributed by atoms with E-state index < -0.39 is 11.6 Å². The predicted octanol–water partition coefficient (Wildman–Crippen LogP) is 7.46. The van der Waals surface area contributed by atoms with Crippen molar-refractivity contribution in [2.24, 2.45) is 0 Å². The molecule has 0 atom stereocenters. The molecule has 0 saturated carbocycles. The van der Waals surface area contributed by atoms with Crippen LogP contribution >= 0.6 is 23.4 Å². The van der Waals surface area contributed by atoms with Crippen molar-refractivity contribution in [2.45, 2.75) is 37.1 Å². The minimum absolute atomic E-state index is 0.0132. The first kappa shape index (κ1) is 22.5. The fourth-order valence-corrected chi connectivity index (χ4v) is 4.39. The van der Waals surface area contributed by atoms with Gasteiger partial charge in [0.15, 0.2) is 11.0 Å². The lowest BCUT2D eigenvalue weighted by atomic mass is 9.87. The van der Waals surface area contributed by atoms with Crippen LogP contribution in [-0.2, 0) is 11.2 Å². The molecule has 1 aromatic heterocycles. The molecule has 0 fully saturated rings. The minimum Gasteiger partial charge on any atom is -0.270 e. The van der Waals surface area contributed by atoms with Gasteiger partial charge >= 0.3 is 0 Å². The van der Waals surface area contributed by atoms with Crippen molar-refractivity contribution >= 4 is 23.4 Å². The van der Waals surface area contributed by atoms with E-state index in [9.17, 15) is 8.78 Å². The van der Waals surface area contributed by atoms with Crippen molar-refractivity contribution in [2.75, 3.05) is 0 Å². The molecule has 4 rings (SSSR count). The van der Waals surface area contributed by atoms with Crippen LogP contribution in [0.2, 0.25) is 5.02 Å². The first-order chi connectivity index (χ1) is 15.2. The lowest BCUT2D eigenvalue weighted by Gasteiger charge is -2.19. The highest BCUT2D eigenvalue weighted by Crippen LogP contribution is 2.32. The van der Waals surface area contributed by atoms with Gasteiger partial charge in [0.25, 0.3) is 0 Å². The first-order valence-electron chi connectivity index (χ1n) is 10.1. The van der Waals surface area contributed by atoms with E-state index in [4.69, 9.17) is 11.6 Å². The Kier molecular flexibility index (Phi) is 6.35. The van der Waals surface area contributed by atoms with Crippen LogP contribution in [0.3, 0.4) is 0 Å². The van der Waals surface area contributed by atoms with Crippen molar-refractivity contribution in [1.29, 1.82) is 0 Å². The van der Waals surface area contributed by atoms with E-state index in [2.05, 4.69) is 43.1 Å². The smallest absolute Gasteiger partial charge is 0.196 e. The molecule has 0 aliphatic rings. The van der Waals surface area contributed by atoms with Gasteiger partial charge in [-0.3, -0.25) is 4.57 Å². The summed E-state index contributed by atoms with van der Waals surface area (Å²) in [4.78, 5) is 0. The SMILES string of the molecule is CC(C)(C)c1ccc(-c2nnc(SCc3c(F)cccc3F)n2-c2ccc(Cl)cc2)cc1. The fraction of sp³-hybridized carbons (Fsp3) is 0.200. The van der Waals surface area contributed by atoms with Crippen molar-refractivity contribution in [1.82, 2.24) is 14.8 Å². The van der Waals surface area contributed by atoms with Crippen molar-refractivity contribution in [3.8, 4) is 17.1 Å². The molecule has 3 aromatic carbocycles. The molecule has 0 radical (unpaired) electrons. The third-order valence-electron chi connectivity index (χ3n) is 5.13. The van der Waals surface area contributed by atoms with Crippen LogP contribution in [0.25, 0.3) is 17.1 Å². The average molecular weight is 470 g/mol. The number of nitrogens with zero attached hydrogens (tertiary/aromatic N) is 3. The summed E-state index contributed by atoms with van der Waals surface area (Å²) in [6.07, 6.45) is 0. The third kappa shape index (κ3) is 4.71. The van der Waals surface area contributed by atoms with E-state index in [0.29, 0.717) is 16.0 Å². The van der Waals surface area contributed by atoms with E-state index in [1.807, 2.05) is 28.8 Å². The highest BCUT2D eigenvalue weighted by Gasteiger charge is 2.19. The lowest BCUT2D eigenvalue weighted by molar-refractivity contribution is 0.566. The van der Waals surface area contributed by atoms with E-state index in [-0.39, 0.29) is 16.7 Å². The Labute approximate surface area is 195 Å². The Morgan fingerprint density at radius 1 is 0.875 bits per heavy atom. The standard InChI is InChI=1S/C25H22ClF2N3S/c1-25(2,3)17-9-7-16(8-10-17)23-29-30-24(31(23)19-13-11-18(26)12-14-19)32-15-20-21(27)5-4-6-22(20)28/h4-14H,15H2,1-3H3. The normalized spacial score (nSPS) is 11.7. The third-order valence-corrected chi connectivity index (χ3v) is 6.34. The molecular weight excluding hydrogens is 448 g/mol. The van der Waals surface area contributed by atoms with E-state index in [1.54, 1.807) is 12.1 Å². The monoisotopic (exact) mass is 469 g/mol. The molecule has 0 unspecified atom stereocenters. The Bertz CT molecular complexity index is 1210. The molecule has 1 heterocycles. The van der Waals surface area contributed by atoms with Crippen LogP contribution in [0, 0.1) is 11.6 Å². The van der Waals surface area contributed by atoms with Crippen LogP contribution < -0.4 is 0 Å². The van der Waals surface area contributed by atoms with Gasteiger partial charge in [0.1, 0.15) is 11.6 Å². The number of thioether (sulfide) groups is 1. The number of hydrogen-bond acceptors (Lipinski definition) is 3. The van der Waals surface area contributed by atoms with Crippen LogP contribution in [0.4, 0.5) is 8.78 Å². The molecule has 0 N–H and O–H groups in total. The molecular formula is C25H22ClF2N3S. The molecule has 4 aromatic rings. The molecule has 164 valence electrons. The van der Waals surface area contributed by atoms with Crippen LogP contribution in [0.15, 0.2) is 71.9 Å². The van der Waals surface area contributed by atoms with E-state index in [0.717, 1.165) is 11.3 Å². The maximum absolute atomic E-state index is 14.1. The second-order valence-corrected chi connectivity index (χ2v) is 9.81. The summed E-state index contributed by atoms with van der Waals surface area (Å²) >= 11 is 7.30. The predicted molar refractivity (Wildman–Crippen MR) is 126 cm³/mol. The molecule has 7 heteroatoms. The van der Waals surface area contributed by atoms with E-state index >= 15 is 0 Å². The molecule has 0 bridgehead atoms. The summed E-state index contributed by atoms with van der Waals surface area (Å²) < 4.78 is 30.1. The van der Waals surface area contributed by atoms with Gasteiger partial charge in [0.2, 0.25) is 0 Å². The number of aromatic nitrogens is 3. The van der Waals surface area contributed by atoms with Crippen molar-refractivity contribution < 1.29 is 8.78 Å². The second kappa shape index (κ2) is 9.04. The fourth-order valence-electron chi connectivity index (χ4n) is 3.30. The van der Waals surface area contributed by atoms with Gasteiger partial charge in [-0.2, -0.15) is 0 Å². The maximum Gasteiger partial charge on any atom is 0.196 e. The first-order valence-corrected chi connectivity index (χ1v) is 11.5. The maximum atomic E-state index is 14.1. The zero-order chi connectivity index (χ0) is 22.9. The highest BCUT2D eigenvalue weighted by atomic mass is 35.5. The molecule has 0 amide bonds. The molecule has 0 aliphatic heterocycles. The summed E-state index contributed by atoms with van der Waals surface area (Å²) in [6, 6.07) is 19.4. The number of hydrogen-bond donors (Lipinski definition) is 0. The topological polar surface area (TPSA) is 30.7 Å². The Morgan fingerprint density at radius 3 is 2.09 bits per heavy atom. The van der Waals surface area contributed by atoms with Gasteiger partial charge in [-0.15, -0.1) is 10.2 Å². The van der Waals surface area contributed by atoms with Crippen LogP contribution in [-0.4, -0.2) is 14.8 Å². The average Bonchev–Trinajstić information content (AvgIpc) is 3.17. The summed E-state index contributed by atoms with van der Waals surface area (Å²) in [6.45, 7) is 6.48. The Balaban J connectivity index is 1.74. The Hall–Kier alpha value is -2.70. The van der Waals surface area contributed by atoms with Gasteiger partial charge < -0.3 is 0 Å². The Morgan fingerprint density at radius 2 is 1.50 bits per heavy atom. The van der Waals surface area contributed by atoms with Crippen molar-refractivity contribution in [3.05, 3.63) is 94.5 Å². The second-order valence-electron chi connectivity index (χ2n) is 8.43. The summed E-state index contributed by atoms with van der Waals surface area (Å²) in [5, 5.41) is 9.88. The zero-order valence-electron chi connectivity index (χ0n) is 17.9. The summed E-state index contributed by atoms with van der Waals surface area (Å²) in [7, 11) is 0. The highest BCUT2D eigenvalue weighted by molar-refractivity contribution is 7.98. The molecule has 0 saturated heterocycles.